The molecule has 0 aliphatic rings. The number of halogens is 1. The van der Waals surface area contributed by atoms with Crippen LogP contribution in [0.1, 0.15) is 40.2 Å². The van der Waals surface area contributed by atoms with Crippen LogP contribution in [0.15, 0.2) is 22.7 Å². The first kappa shape index (κ1) is 16.5. The summed E-state index contributed by atoms with van der Waals surface area (Å²) in [5.74, 6) is 0.686. The minimum atomic E-state index is 0.517. The number of nitrogens with zero attached hydrogens (tertiary/aromatic N) is 1. The number of anilines is 1. The lowest BCUT2D eigenvalue weighted by atomic mass is 10.1. The highest BCUT2D eigenvalue weighted by Gasteiger charge is 2.13. The molecule has 0 heterocycles. The second-order valence-electron chi connectivity index (χ2n) is 5.68. The van der Waals surface area contributed by atoms with E-state index in [4.69, 9.17) is 0 Å². The van der Waals surface area contributed by atoms with Crippen molar-refractivity contribution in [1.82, 2.24) is 5.32 Å². The molecule has 0 amide bonds. The van der Waals surface area contributed by atoms with Crippen LogP contribution < -0.4 is 10.2 Å². The van der Waals surface area contributed by atoms with Gasteiger partial charge < -0.3 is 10.2 Å². The highest BCUT2D eigenvalue weighted by molar-refractivity contribution is 9.10. The van der Waals surface area contributed by atoms with Crippen LogP contribution in [0.5, 0.6) is 0 Å². The van der Waals surface area contributed by atoms with Gasteiger partial charge in [0.2, 0.25) is 0 Å². The van der Waals surface area contributed by atoms with E-state index in [1.165, 1.54) is 11.3 Å². The monoisotopic (exact) mass is 326 g/mol. The van der Waals surface area contributed by atoms with Crippen molar-refractivity contribution in [2.45, 2.75) is 47.2 Å². The minimum Gasteiger partial charge on any atom is -0.369 e. The summed E-state index contributed by atoms with van der Waals surface area (Å²) in [4.78, 5) is 2.44. The molecular weight excluding hydrogens is 300 g/mol. The van der Waals surface area contributed by atoms with Gasteiger partial charge in [0, 0.05) is 29.3 Å². The van der Waals surface area contributed by atoms with E-state index in [0.717, 1.165) is 24.1 Å². The molecule has 0 spiro atoms. The van der Waals surface area contributed by atoms with Gasteiger partial charge in [-0.1, -0.05) is 35.8 Å². The van der Waals surface area contributed by atoms with Crippen LogP contribution in [-0.4, -0.2) is 19.1 Å². The van der Waals surface area contributed by atoms with Gasteiger partial charge in [-0.15, -0.1) is 0 Å². The first-order chi connectivity index (χ1) is 8.95. The molecular formula is C16H27BrN2. The molecule has 0 radical (unpaired) electrons. The van der Waals surface area contributed by atoms with Crippen LogP contribution in [0.3, 0.4) is 0 Å². The Bertz CT molecular complexity index is 388. The molecule has 0 aliphatic heterocycles. The van der Waals surface area contributed by atoms with Gasteiger partial charge in [0.25, 0.3) is 0 Å². The highest BCUT2D eigenvalue weighted by atomic mass is 79.9. The summed E-state index contributed by atoms with van der Waals surface area (Å²) in [6.45, 7) is 14.2. The van der Waals surface area contributed by atoms with Crippen LogP contribution in [0, 0.1) is 5.92 Å². The van der Waals surface area contributed by atoms with E-state index in [1.807, 2.05) is 0 Å². The predicted octanol–water partition coefficient (Wildman–Crippen LogP) is 4.43. The predicted molar refractivity (Wildman–Crippen MR) is 88.8 cm³/mol. The molecule has 0 fully saturated rings. The molecule has 0 aliphatic carbocycles. The molecule has 0 saturated heterocycles. The van der Waals surface area contributed by atoms with Crippen LogP contribution >= 0.6 is 15.9 Å². The number of hydrogen-bond donors (Lipinski definition) is 1. The Hall–Kier alpha value is -0.540. The lowest BCUT2D eigenvalue weighted by Gasteiger charge is -2.30. The smallest absolute Gasteiger partial charge is 0.0425 e. The molecule has 0 atom stereocenters. The zero-order chi connectivity index (χ0) is 14.4. The normalized spacial score (nSPS) is 11.4. The standard InChI is InChI=1S/C16H27BrN2/c1-6-19(13(4)5)16-9-15(17)8-7-14(16)11-18-10-12(2)3/h7-9,12-13,18H,6,10-11H2,1-5H3. The molecule has 0 saturated carbocycles. The van der Waals surface area contributed by atoms with Crippen LogP contribution in [0.25, 0.3) is 0 Å². The summed E-state index contributed by atoms with van der Waals surface area (Å²) in [5.41, 5.74) is 2.71. The molecule has 0 aromatic heterocycles. The number of rotatable bonds is 7. The number of benzene rings is 1. The van der Waals surface area contributed by atoms with Gasteiger partial charge in [-0.25, -0.2) is 0 Å². The average Bonchev–Trinajstić information content (AvgIpc) is 2.32. The number of nitrogens with one attached hydrogen (secondary N) is 1. The van der Waals surface area contributed by atoms with Crippen LogP contribution in [0.2, 0.25) is 0 Å². The third-order valence-corrected chi connectivity index (χ3v) is 3.68. The lowest BCUT2D eigenvalue weighted by Crippen LogP contribution is -2.32. The second-order valence-corrected chi connectivity index (χ2v) is 6.59. The maximum Gasteiger partial charge on any atom is 0.0425 e. The average molecular weight is 327 g/mol. The molecule has 1 N–H and O–H groups in total. The first-order valence-corrected chi connectivity index (χ1v) is 8.00. The largest absolute Gasteiger partial charge is 0.369 e. The fraction of sp³-hybridized carbons (Fsp3) is 0.625. The minimum absolute atomic E-state index is 0.517. The Morgan fingerprint density at radius 1 is 1.21 bits per heavy atom. The molecule has 1 aromatic carbocycles. The van der Waals surface area contributed by atoms with E-state index in [9.17, 15) is 0 Å². The molecule has 0 bridgehead atoms. The highest BCUT2D eigenvalue weighted by Crippen LogP contribution is 2.26. The third kappa shape index (κ3) is 5.15. The van der Waals surface area contributed by atoms with Gasteiger partial charge >= 0.3 is 0 Å². The lowest BCUT2D eigenvalue weighted by molar-refractivity contribution is 0.551. The van der Waals surface area contributed by atoms with Gasteiger partial charge in [0.05, 0.1) is 0 Å². The van der Waals surface area contributed by atoms with Gasteiger partial charge in [0.15, 0.2) is 0 Å². The molecule has 0 unspecified atom stereocenters. The van der Waals surface area contributed by atoms with Crippen LogP contribution in [-0.2, 0) is 6.54 Å². The van der Waals surface area contributed by atoms with Gasteiger partial charge in [-0.2, -0.15) is 0 Å². The maximum absolute atomic E-state index is 3.59. The zero-order valence-electron chi connectivity index (χ0n) is 12.8. The summed E-state index contributed by atoms with van der Waals surface area (Å²) in [7, 11) is 0. The van der Waals surface area contributed by atoms with Crippen LogP contribution in [0.4, 0.5) is 5.69 Å². The molecule has 108 valence electrons. The summed E-state index contributed by atoms with van der Waals surface area (Å²) in [6.07, 6.45) is 0. The second kappa shape index (κ2) is 7.91. The van der Waals surface area contributed by atoms with Gasteiger partial charge in [-0.3, -0.25) is 0 Å². The fourth-order valence-electron chi connectivity index (χ4n) is 2.26. The SMILES string of the molecule is CCN(c1cc(Br)ccc1CNCC(C)C)C(C)C. The number of hydrogen-bond acceptors (Lipinski definition) is 2. The van der Waals surface area contributed by atoms with Crippen molar-refractivity contribution in [1.29, 1.82) is 0 Å². The summed E-state index contributed by atoms with van der Waals surface area (Å²) in [6, 6.07) is 7.10. The molecule has 1 aromatic rings. The van der Waals surface area contributed by atoms with Crippen molar-refractivity contribution >= 4 is 21.6 Å². The maximum atomic E-state index is 3.59. The van der Waals surface area contributed by atoms with Crippen molar-refractivity contribution in [2.24, 2.45) is 5.92 Å². The molecule has 1 rings (SSSR count). The summed E-state index contributed by atoms with van der Waals surface area (Å²) in [5, 5.41) is 3.54. The third-order valence-electron chi connectivity index (χ3n) is 3.19. The quantitative estimate of drug-likeness (QED) is 0.797. The van der Waals surface area contributed by atoms with E-state index in [2.05, 4.69) is 79.0 Å². The van der Waals surface area contributed by atoms with E-state index in [1.54, 1.807) is 0 Å². The molecule has 3 heteroatoms. The van der Waals surface area contributed by atoms with Gasteiger partial charge in [0.1, 0.15) is 0 Å². The van der Waals surface area contributed by atoms with Crippen molar-refractivity contribution in [3.63, 3.8) is 0 Å². The Labute approximate surface area is 126 Å². The fourth-order valence-corrected chi connectivity index (χ4v) is 2.61. The van der Waals surface area contributed by atoms with E-state index in [-0.39, 0.29) is 0 Å². The summed E-state index contributed by atoms with van der Waals surface area (Å²) >= 11 is 3.59. The Morgan fingerprint density at radius 2 is 1.89 bits per heavy atom. The summed E-state index contributed by atoms with van der Waals surface area (Å²) < 4.78 is 1.15. The zero-order valence-corrected chi connectivity index (χ0v) is 14.4. The molecule has 19 heavy (non-hydrogen) atoms. The Kier molecular flexibility index (Phi) is 6.87. The van der Waals surface area contributed by atoms with Crippen molar-refractivity contribution < 1.29 is 0 Å². The molecule has 2 nitrogen and oxygen atoms in total. The van der Waals surface area contributed by atoms with Gasteiger partial charge in [-0.05, 0) is 50.9 Å². The van der Waals surface area contributed by atoms with Crippen molar-refractivity contribution in [2.75, 3.05) is 18.0 Å². The van der Waals surface area contributed by atoms with E-state index < -0.39 is 0 Å². The van der Waals surface area contributed by atoms with Crippen molar-refractivity contribution in [3.8, 4) is 0 Å². The van der Waals surface area contributed by atoms with E-state index >= 15 is 0 Å². The van der Waals surface area contributed by atoms with E-state index in [0.29, 0.717) is 12.0 Å². The first-order valence-electron chi connectivity index (χ1n) is 7.21. The Balaban J connectivity index is 2.90. The Morgan fingerprint density at radius 3 is 2.42 bits per heavy atom. The topological polar surface area (TPSA) is 15.3 Å². The van der Waals surface area contributed by atoms with Crippen molar-refractivity contribution in [3.05, 3.63) is 28.2 Å².